The number of ketones is 1. The number of benzene rings is 2. The van der Waals surface area contributed by atoms with Crippen molar-refractivity contribution in [2.75, 3.05) is 6.61 Å². The molecule has 1 aliphatic carbocycles. The predicted octanol–water partition coefficient (Wildman–Crippen LogP) is 5.38. The molecule has 2 aromatic rings. The quantitative estimate of drug-likeness (QED) is 0.568. The van der Waals surface area contributed by atoms with Crippen LogP contribution in [-0.2, 0) is 6.42 Å². The standard InChI is InChI=1S/C23H27FO3.ClH/c24-19-11-13-23(27-16-20(25)14-18-8-4-5-9-18)21(15-19)22(26)12-10-17-6-2-1-3-7-17;/h1-3,6-7,11,13,15,18,20,25H,4-5,8-10,12,14,16H2;1H. The number of rotatable bonds is 9. The molecule has 5 heteroatoms. The van der Waals surface area contributed by atoms with Gasteiger partial charge in [0.2, 0.25) is 0 Å². The first-order valence-electron chi connectivity index (χ1n) is 9.79. The van der Waals surface area contributed by atoms with Crippen LogP contribution in [0.5, 0.6) is 5.75 Å². The first kappa shape index (κ1) is 22.4. The molecule has 28 heavy (non-hydrogen) atoms. The molecule has 0 aromatic heterocycles. The summed E-state index contributed by atoms with van der Waals surface area (Å²) in [5.41, 5.74) is 1.32. The SMILES string of the molecule is Cl.O=C(CCc1ccccc1)c1cc(F)ccc1OCC(O)CC1CCCC1. The molecule has 152 valence electrons. The molecule has 3 nitrogen and oxygen atoms in total. The second kappa shape index (κ2) is 11.2. The van der Waals surface area contributed by atoms with Gasteiger partial charge in [-0.05, 0) is 42.5 Å². The molecular formula is C23H28ClFO3. The van der Waals surface area contributed by atoms with Crippen LogP contribution in [0.1, 0.15) is 54.4 Å². The average Bonchev–Trinajstić information content (AvgIpc) is 3.19. The Morgan fingerprint density at radius 1 is 1.14 bits per heavy atom. The van der Waals surface area contributed by atoms with Crippen molar-refractivity contribution in [1.29, 1.82) is 0 Å². The Balaban J connectivity index is 0.00000280. The van der Waals surface area contributed by atoms with E-state index < -0.39 is 11.9 Å². The van der Waals surface area contributed by atoms with E-state index in [4.69, 9.17) is 4.74 Å². The Kier molecular flexibility index (Phi) is 8.94. The average molecular weight is 407 g/mol. The van der Waals surface area contributed by atoms with Gasteiger partial charge in [-0.2, -0.15) is 0 Å². The zero-order valence-electron chi connectivity index (χ0n) is 16.0. The van der Waals surface area contributed by atoms with Gasteiger partial charge in [0.05, 0.1) is 11.7 Å². The van der Waals surface area contributed by atoms with Crippen molar-refractivity contribution in [2.45, 2.75) is 51.0 Å². The molecule has 0 spiro atoms. The van der Waals surface area contributed by atoms with Gasteiger partial charge in [0.25, 0.3) is 0 Å². The van der Waals surface area contributed by atoms with Gasteiger partial charge in [0.1, 0.15) is 18.2 Å². The topological polar surface area (TPSA) is 46.5 Å². The van der Waals surface area contributed by atoms with E-state index in [9.17, 15) is 14.3 Å². The van der Waals surface area contributed by atoms with Crippen molar-refractivity contribution >= 4 is 18.2 Å². The molecule has 0 saturated heterocycles. The third kappa shape index (κ3) is 6.61. The van der Waals surface area contributed by atoms with Crippen molar-refractivity contribution in [3.8, 4) is 5.75 Å². The molecule has 0 aliphatic heterocycles. The van der Waals surface area contributed by atoms with Gasteiger partial charge >= 0.3 is 0 Å². The fourth-order valence-corrected chi connectivity index (χ4v) is 3.77. The molecule has 1 N–H and O–H groups in total. The number of aliphatic hydroxyl groups excluding tert-OH is 1. The van der Waals surface area contributed by atoms with E-state index in [1.165, 1.54) is 31.0 Å². The Labute approximate surface area is 172 Å². The normalized spacial score (nSPS) is 15.1. The van der Waals surface area contributed by atoms with Crippen molar-refractivity contribution < 1.29 is 19.0 Å². The number of ether oxygens (including phenoxy) is 1. The van der Waals surface area contributed by atoms with Crippen molar-refractivity contribution in [3.63, 3.8) is 0 Å². The zero-order valence-corrected chi connectivity index (χ0v) is 16.8. The van der Waals surface area contributed by atoms with Crippen LogP contribution < -0.4 is 4.74 Å². The Morgan fingerprint density at radius 3 is 2.57 bits per heavy atom. The summed E-state index contributed by atoms with van der Waals surface area (Å²) >= 11 is 0. The number of carbonyl (C=O) groups is 1. The lowest BCUT2D eigenvalue weighted by Gasteiger charge is -2.17. The highest BCUT2D eigenvalue weighted by atomic mass is 35.5. The van der Waals surface area contributed by atoms with Crippen LogP contribution in [0.2, 0.25) is 0 Å². The number of aliphatic hydroxyl groups is 1. The largest absolute Gasteiger partial charge is 0.490 e. The molecule has 0 bridgehead atoms. The molecule has 0 radical (unpaired) electrons. The summed E-state index contributed by atoms with van der Waals surface area (Å²) in [6.07, 6.45) is 5.83. The van der Waals surface area contributed by atoms with Crippen molar-refractivity contribution in [3.05, 3.63) is 65.5 Å². The summed E-state index contributed by atoms with van der Waals surface area (Å²) in [6.45, 7) is 0.126. The molecular weight excluding hydrogens is 379 g/mol. The number of Topliss-reactive ketones (excluding diaryl/α,β-unsaturated/α-hetero) is 1. The Hall–Kier alpha value is -1.91. The minimum absolute atomic E-state index is 0. The molecule has 2 aromatic carbocycles. The molecule has 0 amide bonds. The molecule has 1 unspecified atom stereocenters. The zero-order chi connectivity index (χ0) is 19.1. The van der Waals surface area contributed by atoms with Crippen LogP contribution >= 0.6 is 12.4 Å². The molecule has 1 saturated carbocycles. The summed E-state index contributed by atoms with van der Waals surface area (Å²) < 4.78 is 19.4. The number of aryl methyl sites for hydroxylation is 1. The van der Waals surface area contributed by atoms with E-state index in [0.29, 0.717) is 18.1 Å². The van der Waals surface area contributed by atoms with Crippen molar-refractivity contribution in [1.82, 2.24) is 0 Å². The lowest BCUT2D eigenvalue weighted by atomic mass is 10.0. The lowest BCUT2D eigenvalue weighted by Crippen LogP contribution is -2.21. The highest BCUT2D eigenvalue weighted by molar-refractivity contribution is 5.98. The minimum atomic E-state index is -0.564. The third-order valence-electron chi connectivity index (χ3n) is 5.24. The van der Waals surface area contributed by atoms with Gasteiger partial charge in [0.15, 0.2) is 5.78 Å². The monoisotopic (exact) mass is 406 g/mol. The number of carbonyl (C=O) groups excluding carboxylic acids is 1. The third-order valence-corrected chi connectivity index (χ3v) is 5.24. The Bertz CT molecular complexity index is 745. The van der Waals surface area contributed by atoms with Gasteiger partial charge in [-0.15, -0.1) is 12.4 Å². The van der Waals surface area contributed by atoms with E-state index in [0.717, 1.165) is 24.8 Å². The van der Waals surface area contributed by atoms with E-state index in [2.05, 4.69) is 0 Å². The van der Waals surface area contributed by atoms with Gasteiger partial charge < -0.3 is 9.84 Å². The first-order chi connectivity index (χ1) is 13.1. The summed E-state index contributed by atoms with van der Waals surface area (Å²) in [7, 11) is 0. The van der Waals surface area contributed by atoms with E-state index >= 15 is 0 Å². The van der Waals surface area contributed by atoms with Crippen LogP contribution in [0.25, 0.3) is 0 Å². The second-order valence-corrected chi connectivity index (χ2v) is 7.40. The Morgan fingerprint density at radius 2 is 1.86 bits per heavy atom. The summed E-state index contributed by atoms with van der Waals surface area (Å²) in [5.74, 6) is 0.291. The number of halogens is 2. The van der Waals surface area contributed by atoms with E-state index in [1.807, 2.05) is 30.3 Å². The van der Waals surface area contributed by atoms with Crippen LogP contribution in [-0.4, -0.2) is 23.6 Å². The predicted molar refractivity (Wildman–Crippen MR) is 111 cm³/mol. The maximum absolute atomic E-state index is 13.7. The molecule has 1 aliphatic rings. The van der Waals surface area contributed by atoms with Gasteiger partial charge in [-0.25, -0.2) is 4.39 Å². The second-order valence-electron chi connectivity index (χ2n) is 7.40. The smallest absolute Gasteiger partial charge is 0.167 e. The summed E-state index contributed by atoms with van der Waals surface area (Å²) in [5, 5.41) is 10.2. The molecule has 1 atom stereocenters. The highest BCUT2D eigenvalue weighted by Gasteiger charge is 2.20. The number of hydrogen-bond acceptors (Lipinski definition) is 3. The maximum atomic E-state index is 13.7. The summed E-state index contributed by atoms with van der Waals surface area (Å²) in [6, 6.07) is 13.7. The lowest BCUT2D eigenvalue weighted by molar-refractivity contribution is 0.0833. The van der Waals surface area contributed by atoms with E-state index in [1.54, 1.807) is 0 Å². The van der Waals surface area contributed by atoms with Crippen LogP contribution in [0.3, 0.4) is 0 Å². The molecule has 1 fully saturated rings. The van der Waals surface area contributed by atoms with E-state index in [-0.39, 0.29) is 36.8 Å². The summed E-state index contributed by atoms with van der Waals surface area (Å²) in [4.78, 5) is 12.6. The van der Waals surface area contributed by atoms with Crippen molar-refractivity contribution in [2.24, 2.45) is 5.92 Å². The van der Waals surface area contributed by atoms with Crippen LogP contribution in [0, 0.1) is 11.7 Å². The van der Waals surface area contributed by atoms with Crippen LogP contribution in [0.15, 0.2) is 48.5 Å². The fourth-order valence-electron chi connectivity index (χ4n) is 3.77. The molecule has 0 heterocycles. The highest BCUT2D eigenvalue weighted by Crippen LogP contribution is 2.29. The van der Waals surface area contributed by atoms with Gasteiger partial charge in [-0.1, -0.05) is 56.0 Å². The first-order valence-corrected chi connectivity index (χ1v) is 9.79. The number of hydrogen-bond donors (Lipinski definition) is 1. The van der Waals surface area contributed by atoms with Gasteiger partial charge in [0, 0.05) is 6.42 Å². The molecule has 3 rings (SSSR count). The van der Waals surface area contributed by atoms with Crippen LogP contribution in [0.4, 0.5) is 4.39 Å². The fraction of sp³-hybridized carbons (Fsp3) is 0.435. The van der Waals surface area contributed by atoms with Gasteiger partial charge in [-0.3, -0.25) is 4.79 Å². The minimum Gasteiger partial charge on any atom is -0.490 e. The maximum Gasteiger partial charge on any atom is 0.167 e.